The molecule has 0 fully saturated rings. The first kappa shape index (κ1) is 6.25. The van der Waals surface area contributed by atoms with Gasteiger partial charge in [-0.2, -0.15) is 5.26 Å². The molecule has 2 heterocycles. The van der Waals surface area contributed by atoms with Crippen molar-refractivity contribution in [2.45, 2.75) is 0 Å². The Hall–Kier alpha value is -1.47. The van der Waals surface area contributed by atoms with Gasteiger partial charge in [-0.15, -0.1) is 11.3 Å². The first-order chi connectivity index (χ1) is 5.40. The fourth-order valence-electron chi connectivity index (χ4n) is 0.820. The third-order valence-corrected chi connectivity index (χ3v) is 2.14. The maximum atomic E-state index is 8.46. The Morgan fingerprint density at radius 2 is 2.45 bits per heavy atom. The van der Waals surface area contributed by atoms with Gasteiger partial charge in [0, 0.05) is 6.20 Å². The third kappa shape index (κ3) is 0.954. The van der Waals surface area contributed by atoms with E-state index in [0.717, 1.165) is 10.2 Å². The summed E-state index contributed by atoms with van der Waals surface area (Å²) in [5, 5.41) is 10.4. The molecule has 0 aromatic carbocycles. The van der Waals surface area contributed by atoms with E-state index in [1.807, 2.05) is 17.5 Å². The summed E-state index contributed by atoms with van der Waals surface area (Å²) in [6.45, 7) is 0. The molecule has 52 valence electrons. The summed E-state index contributed by atoms with van der Waals surface area (Å²) in [6, 6.07) is 3.77. The lowest BCUT2D eigenvalue weighted by atomic mass is 10.5. The molecule has 0 aliphatic carbocycles. The SMILES string of the molecule is N#Cc1ncc2sccc2n1. The minimum atomic E-state index is 0.232. The Bertz CT molecular complexity index is 426. The molecule has 0 saturated carbocycles. The van der Waals surface area contributed by atoms with E-state index >= 15 is 0 Å². The van der Waals surface area contributed by atoms with Crippen molar-refractivity contribution in [3.8, 4) is 6.07 Å². The van der Waals surface area contributed by atoms with Crippen molar-refractivity contribution in [2.24, 2.45) is 0 Å². The molecule has 0 aliphatic heterocycles. The number of nitriles is 1. The highest BCUT2D eigenvalue weighted by Gasteiger charge is 1.97. The molecule has 0 spiro atoms. The van der Waals surface area contributed by atoms with Gasteiger partial charge >= 0.3 is 0 Å². The van der Waals surface area contributed by atoms with Crippen LogP contribution in [0.5, 0.6) is 0 Å². The molecule has 0 bridgehead atoms. The van der Waals surface area contributed by atoms with Gasteiger partial charge in [0.05, 0.1) is 10.2 Å². The summed E-state index contributed by atoms with van der Waals surface area (Å²) in [7, 11) is 0. The molecule has 4 heteroatoms. The van der Waals surface area contributed by atoms with E-state index in [1.54, 1.807) is 17.5 Å². The number of hydrogen-bond donors (Lipinski definition) is 0. The fraction of sp³-hybridized carbons (Fsp3) is 0. The smallest absolute Gasteiger partial charge is 0.226 e. The van der Waals surface area contributed by atoms with Crippen LogP contribution < -0.4 is 0 Å². The van der Waals surface area contributed by atoms with Crippen molar-refractivity contribution < 1.29 is 0 Å². The van der Waals surface area contributed by atoms with Crippen molar-refractivity contribution in [3.63, 3.8) is 0 Å². The Labute approximate surface area is 67.0 Å². The highest BCUT2D eigenvalue weighted by atomic mass is 32.1. The van der Waals surface area contributed by atoms with Crippen LogP contribution in [0.15, 0.2) is 17.6 Å². The predicted octanol–water partition coefficient (Wildman–Crippen LogP) is 1.56. The second-order valence-corrected chi connectivity index (χ2v) is 2.92. The van der Waals surface area contributed by atoms with Gasteiger partial charge in [0.2, 0.25) is 5.82 Å². The molecular formula is C7H3N3S. The molecule has 11 heavy (non-hydrogen) atoms. The maximum absolute atomic E-state index is 8.46. The minimum Gasteiger partial charge on any atom is -0.226 e. The number of thiophene rings is 1. The van der Waals surface area contributed by atoms with Crippen LogP contribution in [-0.2, 0) is 0 Å². The Morgan fingerprint density at radius 3 is 3.27 bits per heavy atom. The molecule has 3 nitrogen and oxygen atoms in total. The lowest BCUT2D eigenvalue weighted by Crippen LogP contribution is -1.85. The number of aromatic nitrogens is 2. The van der Waals surface area contributed by atoms with Crippen molar-refractivity contribution >= 4 is 21.6 Å². The molecule has 0 amide bonds. The third-order valence-electron chi connectivity index (χ3n) is 1.30. The van der Waals surface area contributed by atoms with E-state index in [0.29, 0.717) is 0 Å². The molecule has 2 aromatic heterocycles. The first-order valence-electron chi connectivity index (χ1n) is 3.00. The van der Waals surface area contributed by atoms with Gasteiger partial charge in [0.15, 0.2) is 0 Å². The van der Waals surface area contributed by atoms with E-state index < -0.39 is 0 Å². The summed E-state index contributed by atoms with van der Waals surface area (Å²) in [6.07, 6.45) is 1.67. The summed E-state index contributed by atoms with van der Waals surface area (Å²) in [5.74, 6) is 0.232. The van der Waals surface area contributed by atoms with Crippen LogP contribution in [0.1, 0.15) is 5.82 Å². The zero-order valence-electron chi connectivity index (χ0n) is 5.48. The maximum Gasteiger partial charge on any atom is 0.232 e. The van der Waals surface area contributed by atoms with Crippen molar-refractivity contribution in [1.82, 2.24) is 9.97 Å². The fourth-order valence-corrected chi connectivity index (χ4v) is 1.51. The van der Waals surface area contributed by atoms with Crippen LogP contribution in [0.25, 0.3) is 10.2 Å². The van der Waals surface area contributed by atoms with Gasteiger partial charge < -0.3 is 0 Å². The van der Waals surface area contributed by atoms with Crippen molar-refractivity contribution in [3.05, 3.63) is 23.5 Å². The predicted molar refractivity (Wildman–Crippen MR) is 42.1 cm³/mol. The van der Waals surface area contributed by atoms with Gasteiger partial charge in [0.1, 0.15) is 6.07 Å². The molecule has 2 aromatic rings. The van der Waals surface area contributed by atoms with Gasteiger partial charge in [-0.25, -0.2) is 9.97 Å². The summed E-state index contributed by atoms with van der Waals surface area (Å²) < 4.78 is 1.02. The molecule has 0 N–H and O–H groups in total. The van der Waals surface area contributed by atoms with E-state index in [9.17, 15) is 0 Å². The summed E-state index contributed by atoms with van der Waals surface area (Å²) in [4.78, 5) is 7.83. The Morgan fingerprint density at radius 1 is 1.55 bits per heavy atom. The highest BCUT2D eigenvalue weighted by Crippen LogP contribution is 2.16. The lowest BCUT2D eigenvalue weighted by molar-refractivity contribution is 1.16. The quantitative estimate of drug-likeness (QED) is 0.589. The zero-order chi connectivity index (χ0) is 7.68. The molecule has 0 radical (unpaired) electrons. The molecule has 0 saturated heterocycles. The number of rotatable bonds is 0. The molecule has 0 atom stereocenters. The molecule has 2 rings (SSSR count). The van der Waals surface area contributed by atoms with Crippen LogP contribution in [0.4, 0.5) is 0 Å². The van der Waals surface area contributed by atoms with Crippen LogP contribution in [-0.4, -0.2) is 9.97 Å². The van der Waals surface area contributed by atoms with Gasteiger partial charge in [-0.3, -0.25) is 0 Å². The Kier molecular flexibility index (Phi) is 1.30. The highest BCUT2D eigenvalue weighted by molar-refractivity contribution is 7.17. The van der Waals surface area contributed by atoms with Gasteiger partial charge in [-0.05, 0) is 11.4 Å². The Balaban J connectivity index is 2.79. The normalized spacial score (nSPS) is 9.73. The largest absolute Gasteiger partial charge is 0.232 e. The average Bonchev–Trinajstić information content (AvgIpc) is 2.50. The molecular weight excluding hydrogens is 158 g/mol. The summed E-state index contributed by atoms with van der Waals surface area (Å²) in [5.41, 5.74) is 0.849. The summed E-state index contributed by atoms with van der Waals surface area (Å²) >= 11 is 1.57. The minimum absolute atomic E-state index is 0.232. The van der Waals surface area contributed by atoms with Crippen molar-refractivity contribution in [1.29, 1.82) is 5.26 Å². The molecule has 0 unspecified atom stereocenters. The number of nitrogens with zero attached hydrogens (tertiary/aromatic N) is 3. The average molecular weight is 161 g/mol. The van der Waals surface area contributed by atoms with Crippen LogP contribution >= 0.6 is 11.3 Å². The monoisotopic (exact) mass is 161 g/mol. The van der Waals surface area contributed by atoms with Crippen molar-refractivity contribution in [2.75, 3.05) is 0 Å². The topological polar surface area (TPSA) is 49.6 Å². The van der Waals surface area contributed by atoms with E-state index in [4.69, 9.17) is 5.26 Å². The van der Waals surface area contributed by atoms with Gasteiger partial charge in [0.25, 0.3) is 0 Å². The number of hydrogen-bond acceptors (Lipinski definition) is 4. The van der Waals surface area contributed by atoms with Crippen LogP contribution in [0, 0.1) is 11.3 Å². The number of fused-ring (bicyclic) bond motifs is 1. The molecule has 0 aliphatic rings. The second-order valence-electron chi connectivity index (χ2n) is 1.98. The second kappa shape index (κ2) is 2.29. The van der Waals surface area contributed by atoms with E-state index in [-0.39, 0.29) is 5.82 Å². The van der Waals surface area contributed by atoms with E-state index in [1.165, 1.54) is 0 Å². The zero-order valence-corrected chi connectivity index (χ0v) is 6.30. The van der Waals surface area contributed by atoms with Crippen LogP contribution in [0.2, 0.25) is 0 Å². The van der Waals surface area contributed by atoms with Crippen LogP contribution in [0.3, 0.4) is 0 Å². The lowest BCUT2D eigenvalue weighted by Gasteiger charge is -1.86. The first-order valence-corrected chi connectivity index (χ1v) is 3.88. The van der Waals surface area contributed by atoms with E-state index in [2.05, 4.69) is 9.97 Å². The van der Waals surface area contributed by atoms with Gasteiger partial charge in [-0.1, -0.05) is 0 Å². The standard InChI is InChI=1S/C7H3N3S/c8-3-7-9-4-6-5(10-7)1-2-11-6/h1-2,4H.